The minimum atomic E-state index is 0.130. The maximum Gasteiger partial charge on any atom is 0.223 e. The molecule has 0 bridgehead atoms. The summed E-state index contributed by atoms with van der Waals surface area (Å²) in [4.78, 5) is 11.5. The van der Waals surface area contributed by atoms with E-state index < -0.39 is 0 Å². The molecule has 14 heavy (non-hydrogen) atoms. The Balaban J connectivity index is 2.17. The Hall–Kier alpha value is -0.610. The first-order chi connectivity index (χ1) is 6.74. The Morgan fingerprint density at radius 2 is 2.00 bits per heavy atom. The summed E-state index contributed by atoms with van der Waals surface area (Å²) in [5.74, 6) is 0.277. The molecular formula is C10H20N2O2. The second-order valence-electron chi connectivity index (χ2n) is 3.98. The molecule has 1 fully saturated rings. The van der Waals surface area contributed by atoms with E-state index in [0.29, 0.717) is 13.0 Å². The predicted molar refractivity (Wildman–Crippen MR) is 54.6 cm³/mol. The van der Waals surface area contributed by atoms with E-state index in [1.165, 1.54) is 0 Å². The van der Waals surface area contributed by atoms with Gasteiger partial charge in [-0.15, -0.1) is 0 Å². The predicted octanol–water partition coefficient (Wildman–Crippen LogP) is 0.00250. The molecule has 0 spiro atoms. The third kappa shape index (κ3) is 3.64. The highest BCUT2D eigenvalue weighted by Crippen LogP contribution is 2.22. The lowest BCUT2D eigenvalue weighted by Gasteiger charge is -2.25. The van der Waals surface area contributed by atoms with E-state index in [1.54, 1.807) is 0 Å². The van der Waals surface area contributed by atoms with Crippen LogP contribution in [-0.2, 0) is 4.79 Å². The Morgan fingerprint density at radius 1 is 1.36 bits per heavy atom. The van der Waals surface area contributed by atoms with Crippen LogP contribution < -0.4 is 11.1 Å². The molecule has 4 nitrogen and oxygen atoms in total. The van der Waals surface area contributed by atoms with Crippen molar-refractivity contribution in [1.82, 2.24) is 5.32 Å². The van der Waals surface area contributed by atoms with Crippen LogP contribution in [0.15, 0.2) is 0 Å². The van der Waals surface area contributed by atoms with Crippen molar-refractivity contribution in [2.75, 3.05) is 13.2 Å². The monoisotopic (exact) mass is 200 g/mol. The number of aliphatic hydroxyl groups is 1. The van der Waals surface area contributed by atoms with Gasteiger partial charge in [0.1, 0.15) is 0 Å². The molecule has 0 saturated heterocycles. The quantitative estimate of drug-likeness (QED) is 0.559. The topological polar surface area (TPSA) is 75.4 Å². The zero-order valence-corrected chi connectivity index (χ0v) is 8.54. The van der Waals surface area contributed by atoms with E-state index in [1.807, 2.05) is 0 Å². The number of hydrogen-bond acceptors (Lipinski definition) is 3. The smallest absolute Gasteiger partial charge is 0.223 e. The van der Waals surface area contributed by atoms with E-state index in [2.05, 4.69) is 5.32 Å². The van der Waals surface area contributed by atoms with Crippen molar-refractivity contribution in [3.8, 4) is 0 Å². The van der Waals surface area contributed by atoms with Crippen molar-refractivity contribution in [1.29, 1.82) is 0 Å². The van der Waals surface area contributed by atoms with Crippen molar-refractivity contribution in [3.05, 3.63) is 0 Å². The molecule has 1 aliphatic carbocycles. The SMILES string of the molecule is NC1CCC(C(=O)NCCCO)CC1. The van der Waals surface area contributed by atoms with Crippen molar-refractivity contribution in [3.63, 3.8) is 0 Å². The Morgan fingerprint density at radius 3 is 2.57 bits per heavy atom. The van der Waals surface area contributed by atoms with Gasteiger partial charge in [0.05, 0.1) is 0 Å². The number of carbonyl (C=O) groups excluding carboxylic acids is 1. The molecule has 0 radical (unpaired) electrons. The van der Waals surface area contributed by atoms with Gasteiger partial charge in [-0.1, -0.05) is 0 Å². The zero-order chi connectivity index (χ0) is 10.4. The van der Waals surface area contributed by atoms with Crippen LogP contribution in [0.3, 0.4) is 0 Å². The first-order valence-electron chi connectivity index (χ1n) is 5.38. The molecule has 0 aromatic rings. The van der Waals surface area contributed by atoms with Gasteiger partial charge in [0, 0.05) is 25.1 Å². The van der Waals surface area contributed by atoms with Gasteiger partial charge in [-0.3, -0.25) is 4.79 Å². The summed E-state index contributed by atoms with van der Waals surface area (Å²) in [6.45, 7) is 0.716. The van der Waals surface area contributed by atoms with Crippen LogP contribution in [0.2, 0.25) is 0 Å². The minimum Gasteiger partial charge on any atom is -0.396 e. The van der Waals surface area contributed by atoms with Gasteiger partial charge in [0.25, 0.3) is 0 Å². The summed E-state index contributed by atoms with van der Waals surface area (Å²) in [7, 11) is 0. The molecule has 82 valence electrons. The molecule has 0 heterocycles. The highest BCUT2D eigenvalue weighted by molar-refractivity contribution is 5.78. The van der Waals surface area contributed by atoms with Crippen LogP contribution in [-0.4, -0.2) is 30.2 Å². The first kappa shape index (κ1) is 11.5. The van der Waals surface area contributed by atoms with E-state index in [-0.39, 0.29) is 24.5 Å². The summed E-state index contributed by atoms with van der Waals surface area (Å²) >= 11 is 0. The second-order valence-corrected chi connectivity index (χ2v) is 3.98. The Kier molecular flexibility index (Phi) is 4.90. The van der Waals surface area contributed by atoms with Crippen LogP contribution in [0.25, 0.3) is 0 Å². The van der Waals surface area contributed by atoms with E-state index >= 15 is 0 Å². The summed E-state index contributed by atoms with van der Waals surface area (Å²) in [5.41, 5.74) is 5.75. The number of amides is 1. The second kappa shape index (κ2) is 5.98. The molecule has 1 aliphatic rings. The minimum absolute atomic E-state index is 0.130. The molecular weight excluding hydrogens is 180 g/mol. The molecule has 0 unspecified atom stereocenters. The highest BCUT2D eigenvalue weighted by Gasteiger charge is 2.23. The van der Waals surface area contributed by atoms with Crippen LogP contribution in [0.4, 0.5) is 0 Å². The van der Waals surface area contributed by atoms with Gasteiger partial charge >= 0.3 is 0 Å². The lowest BCUT2D eigenvalue weighted by Crippen LogP contribution is -2.36. The number of carbonyl (C=O) groups is 1. The molecule has 4 N–H and O–H groups in total. The summed E-state index contributed by atoms with van der Waals surface area (Å²) < 4.78 is 0. The van der Waals surface area contributed by atoms with E-state index in [4.69, 9.17) is 10.8 Å². The van der Waals surface area contributed by atoms with Crippen LogP contribution >= 0.6 is 0 Å². The van der Waals surface area contributed by atoms with Crippen LogP contribution in [0, 0.1) is 5.92 Å². The maximum atomic E-state index is 11.5. The molecule has 0 aromatic heterocycles. The zero-order valence-electron chi connectivity index (χ0n) is 8.54. The third-order valence-corrected chi connectivity index (χ3v) is 2.78. The summed E-state index contributed by atoms with van der Waals surface area (Å²) in [5, 5.41) is 11.4. The largest absolute Gasteiger partial charge is 0.396 e. The first-order valence-corrected chi connectivity index (χ1v) is 5.38. The van der Waals surface area contributed by atoms with Gasteiger partial charge in [-0.2, -0.15) is 0 Å². The van der Waals surface area contributed by atoms with Crippen LogP contribution in [0.5, 0.6) is 0 Å². The Bertz CT molecular complexity index is 177. The highest BCUT2D eigenvalue weighted by atomic mass is 16.3. The van der Waals surface area contributed by atoms with E-state index in [9.17, 15) is 4.79 Å². The Labute approximate surface area is 84.9 Å². The molecule has 4 heteroatoms. The third-order valence-electron chi connectivity index (χ3n) is 2.78. The lowest BCUT2D eigenvalue weighted by molar-refractivity contribution is -0.126. The molecule has 1 rings (SSSR count). The molecule has 0 aromatic carbocycles. The van der Waals surface area contributed by atoms with Gasteiger partial charge < -0.3 is 16.2 Å². The normalized spacial score (nSPS) is 27.3. The summed E-state index contributed by atoms with van der Waals surface area (Å²) in [6.07, 6.45) is 4.37. The average Bonchev–Trinajstić information content (AvgIpc) is 2.19. The van der Waals surface area contributed by atoms with E-state index in [0.717, 1.165) is 25.7 Å². The fourth-order valence-electron chi connectivity index (χ4n) is 1.82. The van der Waals surface area contributed by atoms with Crippen molar-refractivity contribution < 1.29 is 9.90 Å². The number of rotatable bonds is 4. The molecule has 1 saturated carbocycles. The van der Waals surface area contributed by atoms with Gasteiger partial charge in [-0.05, 0) is 32.1 Å². The fraction of sp³-hybridized carbons (Fsp3) is 0.900. The van der Waals surface area contributed by atoms with Gasteiger partial charge in [0.15, 0.2) is 0 Å². The molecule has 1 amide bonds. The summed E-state index contributed by atoms with van der Waals surface area (Å²) in [6, 6.07) is 0.288. The van der Waals surface area contributed by atoms with Crippen molar-refractivity contribution in [2.24, 2.45) is 11.7 Å². The molecule has 0 aliphatic heterocycles. The number of nitrogens with two attached hydrogens (primary N) is 1. The van der Waals surface area contributed by atoms with Crippen molar-refractivity contribution in [2.45, 2.75) is 38.1 Å². The van der Waals surface area contributed by atoms with Gasteiger partial charge in [0.2, 0.25) is 5.91 Å². The number of hydrogen-bond donors (Lipinski definition) is 3. The number of aliphatic hydroxyl groups excluding tert-OH is 1. The average molecular weight is 200 g/mol. The number of nitrogens with one attached hydrogen (secondary N) is 1. The lowest BCUT2D eigenvalue weighted by atomic mass is 9.86. The van der Waals surface area contributed by atoms with Gasteiger partial charge in [-0.25, -0.2) is 0 Å². The standard InChI is InChI=1S/C10H20N2O2/c11-9-4-2-8(3-5-9)10(14)12-6-1-7-13/h8-9,13H,1-7,11H2,(H,12,14). The van der Waals surface area contributed by atoms with Crippen LogP contribution in [0.1, 0.15) is 32.1 Å². The maximum absolute atomic E-state index is 11.5. The van der Waals surface area contributed by atoms with Crippen molar-refractivity contribution >= 4 is 5.91 Å². The fourth-order valence-corrected chi connectivity index (χ4v) is 1.82. The molecule has 0 atom stereocenters.